The van der Waals surface area contributed by atoms with E-state index in [4.69, 9.17) is 4.74 Å². The Hall–Kier alpha value is -1.02. The molecule has 1 aromatic rings. The van der Waals surface area contributed by atoms with Crippen LogP contribution in [0, 0.1) is 6.92 Å². The zero-order chi connectivity index (χ0) is 9.10. The predicted octanol–water partition coefficient (Wildman–Crippen LogP) is 1.74. The van der Waals surface area contributed by atoms with Crippen molar-refractivity contribution in [2.75, 3.05) is 13.1 Å². The van der Waals surface area contributed by atoms with E-state index in [9.17, 15) is 0 Å². The number of nitrogens with one attached hydrogen (secondary N) is 1. The molecule has 0 bridgehead atoms. The van der Waals surface area contributed by atoms with E-state index < -0.39 is 0 Å². The van der Waals surface area contributed by atoms with Crippen molar-refractivity contribution in [2.24, 2.45) is 0 Å². The van der Waals surface area contributed by atoms with E-state index in [-0.39, 0.29) is 0 Å². The van der Waals surface area contributed by atoms with Crippen LogP contribution in [0.2, 0.25) is 0 Å². The number of rotatable bonds is 2. The summed E-state index contributed by atoms with van der Waals surface area (Å²) in [7, 11) is 0. The molecule has 0 spiro atoms. The van der Waals surface area contributed by atoms with Crippen LogP contribution < -0.4 is 10.1 Å². The van der Waals surface area contributed by atoms with Crippen molar-refractivity contribution >= 4 is 0 Å². The average Bonchev–Trinajstić information content (AvgIpc) is 2.57. The van der Waals surface area contributed by atoms with Crippen LogP contribution in [0.1, 0.15) is 12.0 Å². The van der Waals surface area contributed by atoms with Gasteiger partial charge < -0.3 is 10.1 Å². The van der Waals surface area contributed by atoms with E-state index in [2.05, 4.69) is 24.4 Å². The molecule has 2 heteroatoms. The van der Waals surface area contributed by atoms with Crippen molar-refractivity contribution in [3.05, 3.63) is 29.8 Å². The Morgan fingerprint density at radius 1 is 1.46 bits per heavy atom. The molecular formula is C11H15NO. The molecule has 1 aliphatic rings. The Balaban J connectivity index is 2.00. The van der Waals surface area contributed by atoms with Gasteiger partial charge in [0.2, 0.25) is 0 Å². The smallest absolute Gasteiger partial charge is 0.120 e. The second-order valence-corrected chi connectivity index (χ2v) is 3.55. The number of hydrogen-bond donors (Lipinski definition) is 1. The molecule has 0 aromatic heterocycles. The molecule has 0 radical (unpaired) electrons. The third-order valence-corrected chi connectivity index (χ3v) is 2.31. The highest BCUT2D eigenvalue weighted by Gasteiger charge is 2.15. The first-order valence-corrected chi connectivity index (χ1v) is 4.78. The highest BCUT2D eigenvalue weighted by atomic mass is 16.5. The molecular weight excluding hydrogens is 162 g/mol. The average molecular weight is 177 g/mol. The molecule has 0 unspecified atom stereocenters. The molecule has 1 aromatic carbocycles. The fourth-order valence-electron chi connectivity index (χ4n) is 1.61. The van der Waals surface area contributed by atoms with Gasteiger partial charge in [-0.1, -0.05) is 12.1 Å². The van der Waals surface area contributed by atoms with Crippen LogP contribution in [-0.4, -0.2) is 19.2 Å². The summed E-state index contributed by atoms with van der Waals surface area (Å²) in [5.41, 5.74) is 1.25. The number of benzene rings is 1. The predicted molar refractivity (Wildman–Crippen MR) is 53.1 cm³/mol. The number of hydrogen-bond acceptors (Lipinski definition) is 2. The van der Waals surface area contributed by atoms with E-state index in [1.807, 2.05) is 12.1 Å². The van der Waals surface area contributed by atoms with E-state index in [1.54, 1.807) is 0 Å². The van der Waals surface area contributed by atoms with Crippen LogP contribution in [0.25, 0.3) is 0 Å². The van der Waals surface area contributed by atoms with Crippen molar-refractivity contribution in [3.8, 4) is 5.75 Å². The Labute approximate surface area is 78.9 Å². The first-order chi connectivity index (χ1) is 6.34. The molecule has 1 saturated heterocycles. The third-order valence-electron chi connectivity index (χ3n) is 2.31. The van der Waals surface area contributed by atoms with Gasteiger partial charge in [-0.2, -0.15) is 0 Å². The molecule has 13 heavy (non-hydrogen) atoms. The maximum absolute atomic E-state index is 5.79. The lowest BCUT2D eigenvalue weighted by Crippen LogP contribution is -2.19. The van der Waals surface area contributed by atoms with Gasteiger partial charge >= 0.3 is 0 Å². The molecule has 1 fully saturated rings. The standard InChI is InChI=1S/C11H15NO/c1-9-3-2-4-10(7-9)13-11-5-6-12-8-11/h2-4,7,11-12H,5-6,8H2,1H3/t11-/m0/s1. The van der Waals surface area contributed by atoms with Crippen LogP contribution in [0.5, 0.6) is 5.75 Å². The Morgan fingerprint density at radius 3 is 3.08 bits per heavy atom. The molecule has 1 aliphatic heterocycles. The first-order valence-electron chi connectivity index (χ1n) is 4.78. The lowest BCUT2D eigenvalue weighted by molar-refractivity contribution is 0.223. The Kier molecular flexibility index (Phi) is 2.50. The summed E-state index contributed by atoms with van der Waals surface area (Å²) in [5.74, 6) is 0.994. The van der Waals surface area contributed by atoms with Crippen LogP contribution in [-0.2, 0) is 0 Å². The third kappa shape index (κ3) is 2.22. The molecule has 0 amide bonds. The fourth-order valence-corrected chi connectivity index (χ4v) is 1.61. The van der Waals surface area contributed by atoms with Crippen molar-refractivity contribution in [2.45, 2.75) is 19.4 Å². The summed E-state index contributed by atoms with van der Waals surface area (Å²) in [6.45, 7) is 4.14. The Bertz CT molecular complexity index is 279. The van der Waals surface area contributed by atoms with Crippen LogP contribution >= 0.6 is 0 Å². The molecule has 0 aliphatic carbocycles. The van der Waals surface area contributed by atoms with E-state index >= 15 is 0 Å². The summed E-state index contributed by atoms with van der Waals surface area (Å²) in [6, 6.07) is 8.22. The molecule has 0 saturated carbocycles. The number of ether oxygens (including phenoxy) is 1. The molecule has 1 atom stereocenters. The minimum Gasteiger partial charge on any atom is -0.489 e. The molecule has 2 rings (SSSR count). The molecule has 1 N–H and O–H groups in total. The SMILES string of the molecule is Cc1cccc(O[C@H]2CCNC2)c1. The summed E-state index contributed by atoms with van der Waals surface area (Å²) in [4.78, 5) is 0. The van der Waals surface area contributed by atoms with Crippen LogP contribution in [0.15, 0.2) is 24.3 Å². The maximum atomic E-state index is 5.79. The largest absolute Gasteiger partial charge is 0.489 e. The number of aryl methyl sites for hydroxylation is 1. The van der Waals surface area contributed by atoms with Gasteiger partial charge in [0, 0.05) is 6.54 Å². The zero-order valence-corrected chi connectivity index (χ0v) is 7.92. The highest BCUT2D eigenvalue weighted by Crippen LogP contribution is 2.16. The summed E-state index contributed by atoms with van der Waals surface area (Å²) >= 11 is 0. The van der Waals surface area contributed by atoms with Crippen LogP contribution in [0.4, 0.5) is 0 Å². The van der Waals surface area contributed by atoms with E-state index in [0.29, 0.717) is 6.10 Å². The second-order valence-electron chi connectivity index (χ2n) is 3.55. The minimum atomic E-state index is 0.363. The fraction of sp³-hybridized carbons (Fsp3) is 0.455. The topological polar surface area (TPSA) is 21.3 Å². The van der Waals surface area contributed by atoms with Crippen molar-refractivity contribution < 1.29 is 4.74 Å². The summed E-state index contributed by atoms with van der Waals surface area (Å²) in [6.07, 6.45) is 1.48. The van der Waals surface area contributed by atoms with Gasteiger partial charge in [0.05, 0.1) is 0 Å². The van der Waals surface area contributed by atoms with Gasteiger partial charge in [-0.3, -0.25) is 0 Å². The quantitative estimate of drug-likeness (QED) is 0.743. The van der Waals surface area contributed by atoms with Gasteiger partial charge in [-0.15, -0.1) is 0 Å². The van der Waals surface area contributed by atoms with Gasteiger partial charge in [0.15, 0.2) is 0 Å². The van der Waals surface area contributed by atoms with Gasteiger partial charge in [0.25, 0.3) is 0 Å². The monoisotopic (exact) mass is 177 g/mol. The van der Waals surface area contributed by atoms with Crippen molar-refractivity contribution in [1.82, 2.24) is 5.32 Å². The van der Waals surface area contributed by atoms with Crippen molar-refractivity contribution in [3.63, 3.8) is 0 Å². The van der Waals surface area contributed by atoms with Gasteiger partial charge in [-0.25, -0.2) is 0 Å². The lowest BCUT2D eigenvalue weighted by atomic mass is 10.2. The Morgan fingerprint density at radius 2 is 2.38 bits per heavy atom. The van der Waals surface area contributed by atoms with Crippen molar-refractivity contribution in [1.29, 1.82) is 0 Å². The zero-order valence-electron chi connectivity index (χ0n) is 7.92. The molecule has 2 nitrogen and oxygen atoms in total. The second kappa shape index (κ2) is 3.79. The van der Waals surface area contributed by atoms with E-state index in [1.165, 1.54) is 5.56 Å². The van der Waals surface area contributed by atoms with Gasteiger partial charge in [-0.05, 0) is 37.6 Å². The molecule has 70 valence electrons. The highest BCUT2D eigenvalue weighted by molar-refractivity contribution is 5.27. The van der Waals surface area contributed by atoms with Crippen LogP contribution in [0.3, 0.4) is 0 Å². The van der Waals surface area contributed by atoms with Gasteiger partial charge in [0.1, 0.15) is 11.9 Å². The maximum Gasteiger partial charge on any atom is 0.120 e. The molecule has 1 heterocycles. The summed E-state index contributed by atoms with van der Waals surface area (Å²) in [5, 5.41) is 3.28. The first kappa shape index (κ1) is 8.57. The summed E-state index contributed by atoms with van der Waals surface area (Å²) < 4.78 is 5.79. The minimum absolute atomic E-state index is 0.363. The normalized spacial score (nSPS) is 21.8. The van der Waals surface area contributed by atoms with E-state index in [0.717, 1.165) is 25.3 Å². The lowest BCUT2D eigenvalue weighted by Gasteiger charge is -2.12.